The lowest BCUT2D eigenvalue weighted by Crippen LogP contribution is -1.95. The van der Waals surface area contributed by atoms with E-state index in [1.165, 1.54) is 288 Å². The fourth-order valence-electron chi connectivity index (χ4n) is 24.8. The zero-order valence-electron chi connectivity index (χ0n) is 79.2. The minimum Gasteiger partial charge on any atom is -0.309 e. The molecule has 0 aliphatic rings. The minimum atomic E-state index is 1.06. The van der Waals surface area contributed by atoms with Crippen molar-refractivity contribution in [1.29, 1.82) is 0 Å². The lowest BCUT2D eigenvalue weighted by atomic mass is 9.93. The highest BCUT2D eigenvalue weighted by Gasteiger charge is 2.28. The molecule has 12 heteroatoms. The maximum Gasteiger partial charge on any atom is 0.0802 e. The average Bonchev–Trinajstić information content (AvgIpc) is 1.60. The van der Waals surface area contributed by atoms with Gasteiger partial charge in [0.1, 0.15) is 0 Å². The first kappa shape index (κ1) is 83.1. The van der Waals surface area contributed by atoms with Crippen LogP contribution >= 0.6 is 45.3 Å². The van der Waals surface area contributed by atoms with Crippen LogP contribution in [0, 0.1) is 0 Å². The van der Waals surface area contributed by atoms with Gasteiger partial charge in [-0.15, -0.1) is 45.3 Å². The summed E-state index contributed by atoms with van der Waals surface area (Å²) >= 11 is 7.47. The molecule has 23 aromatic carbocycles. The number of pyridine rings is 4. The Balaban J connectivity index is 0.0000000876. The molecule has 0 unspecified atom stereocenters. The Labute approximate surface area is 859 Å². The maximum absolute atomic E-state index is 4.92. The molecule has 35 aromatic rings. The van der Waals surface area contributed by atoms with Crippen LogP contribution in [0.25, 0.3) is 310 Å². The molecule has 0 aliphatic heterocycles. The smallest absolute Gasteiger partial charge is 0.0802 e. The number of fused-ring (bicyclic) bond motifs is 49. The van der Waals surface area contributed by atoms with E-state index in [4.69, 9.17) is 19.9 Å². The van der Waals surface area contributed by atoms with Crippen LogP contribution in [0.4, 0.5) is 0 Å². The molecule has 148 heavy (non-hydrogen) atoms. The van der Waals surface area contributed by atoms with Crippen LogP contribution in [0.15, 0.2) is 474 Å². The number of para-hydroxylation sites is 8. The van der Waals surface area contributed by atoms with E-state index in [2.05, 4.69) is 467 Å². The van der Waals surface area contributed by atoms with Gasteiger partial charge in [-0.05, 0) is 237 Å². The van der Waals surface area contributed by atoms with Crippen LogP contribution in [0.2, 0.25) is 0 Å². The number of hydrogen-bond acceptors (Lipinski definition) is 8. The van der Waals surface area contributed by atoms with Crippen LogP contribution < -0.4 is 0 Å². The Morgan fingerprint density at radius 2 is 0.399 bits per heavy atom. The van der Waals surface area contributed by atoms with E-state index in [1.54, 1.807) is 0 Å². The highest BCUT2D eigenvalue weighted by molar-refractivity contribution is 7.27. The Morgan fingerprint density at radius 3 is 0.858 bits per heavy atom. The van der Waals surface area contributed by atoms with Crippen LogP contribution in [-0.4, -0.2) is 38.2 Å². The van der Waals surface area contributed by atoms with E-state index < -0.39 is 0 Å². The van der Waals surface area contributed by atoms with Crippen molar-refractivity contribution in [1.82, 2.24) is 38.2 Å². The molecule has 0 atom stereocenters. The van der Waals surface area contributed by atoms with Crippen molar-refractivity contribution in [3.8, 4) is 22.7 Å². The number of thiophene rings is 4. The zero-order valence-corrected chi connectivity index (χ0v) is 82.5. The molecule has 0 fully saturated rings. The summed E-state index contributed by atoms with van der Waals surface area (Å²) in [7, 11) is 0. The number of rotatable bonds is 4. The third-order valence-electron chi connectivity index (χ3n) is 31.0. The lowest BCUT2D eigenvalue weighted by molar-refractivity contribution is 1.18. The summed E-state index contributed by atoms with van der Waals surface area (Å²) < 4.78 is 20.2. The molecular weight excluding hydrogens is 1870 g/mol. The van der Waals surface area contributed by atoms with E-state index in [1.807, 2.05) is 70.1 Å². The standard InChI is InChI=1S/3C35H20N2S.C31H18N2S/c1-2-9-21(10-3-1)37-29-14-6-4-12-25(29)34-30(37)17-16-23-24-13-8-18-36-35(24)28-20-32-26(19-27(28)33(23)34)22-11-5-7-15-31(22)38-32;1-2-9-21(10-3-1)37-30-14-6-4-11-22(30)26-17-16-24-25-13-8-18-36-34(25)29-20-32-27(19-28(29)33(24)35(26)37)23-12-5-7-15-31(23)38-32;1-2-9-21(10-3-1)37-31-14-6-4-11-22(31)28-17-25-24-13-8-16-36-35(24)30-18-29-23-12-5-7-15-33(23)38-34(29)20-27(30)26(25)19-32(28)37;1-2-9-19(10-3-1)33-26-14-6-4-12-21(26)29-24-17-23-20-11-5-7-15-27(20)34-28(23)18-25(24)30-22(31(29)33)13-8-16-32-30/h3*1-20H;1-18H. The maximum atomic E-state index is 4.92. The van der Waals surface area contributed by atoms with Crippen molar-refractivity contribution < 1.29 is 0 Å². The van der Waals surface area contributed by atoms with E-state index in [0.29, 0.717) is 0 Å². The van der Waals surface area contributed by atoms with Gasteiger partial charge >= 0.3 is 0 Å². The molecular formula is C136H78N8S4. The highest BCUT2D eigenvalue weighted by atomic mass is 32.1. The van der Waals surface area contributed by atoms with Crippen LogP contribution in [0.5, 0.6) is 0 Å². The van der Waals surface area contributed by atoms with Gasteiger partial charge in [-0.25, -0.2) is 0 Å². The third-order valence-corrected chi connectivity index (χ3v) is 35.5. The van der Waals surface area contributed by atoms with Gasteiger partial charge in [0.15, 0.2) is 0 Å². The first-order valence-electron chi connectivity index (χ1n) is 50.2. The molecule has 686 valence electrons. The SMILES string of the molecule is c1ccc(-n2c3ccccc3c3c4c(ccc32)c2cccnc2c2cc3sc5ccccc5c3cc24)cc1.c1ccc(-n2c3ccccc3c3c4cc5c(cc4c4ncccc4c32)sc2ccccc25)cc1.c1ccc(-n2c3ccccc3c3cc4c(cc32)c2cc3sc5ccccc5c3cc2c2ncccc42)cc1.c1ccc(-n2c3ccccc3c3ccc4c5cccnc5c5cc6sc7ccccc7c6cc5c4c32)cc1. The molecule has 35 rings (SSSR count). The second-order valence-corrected chi connectivity index (χ2v) is 43.1. The van der Waals surface area contributed by atoms with Gasteiger partial charge in [-0.3, -0.25) is 19.9 Å². The predicted octanol–water partition coefficient (Wildman–Crippen LogP) is 38.9. The molecule has 0 spiro atoms. The van der Waals surface area contributed by atoms with Gasteiger partial charge in [-0.1, -0.05) is 255 Å². The molecule has 0 saturated carbocycles. The third kappa shape index (κ3) is 12.3. The Hall–Kier alpha value is -18.4. The Morgan fingerprint density at radius 1 is 0.128 bits per heavy atom. The van der Waals surface area contributed by atoms with E-state index in [0.717, 1.165) is 22.1 Å². The molecule has 12 heterocycles. The summed E-state index contributed by atoms with van der Waals surface area (Å²) in [5.41, 5.74) is 18.8. The largest absolute Gasteiger partial charge is 0.309 e. The Bertz CT molecular complexity index is 11900. The van der Waals surface area contributed by atoms with Crippen LogP contribution in [0.3, 0.4) is 0 Å². The summed E-state index contributed by atoms with van der Waals surface area (Å²) in [5.74, 6) is 0. The topological polar surface area (TPSA) is 71.3 Å². The van der Waals surface area contributed by atoms with E-state index in [9.17, 15) is 0 Å². The number of hydrogen-bond donors (Lipinski definition) is 0. The van der Waals surface area contributed by atoms with Crippen molar-refractivity contribution in [2.75, 3.05) is 0 Å². The summed E-state index contributed by atoms with van der Waals surface area (Å²) in [6, 6.07) is 163. The summed E-state index contributed by atoms with van der Waals surface area (Å²) in [6.45, 7) is 0. The van der Waals surface area contributed by atoms with Gasteiger partial charge < -0.3 is 18.3 Å². The predicted molar refractivity (Wildman–Crippen MR) is 638 cm³/mol. The summed E-state index contributed by atoms with van der Waals surface area (Å²) in [6.07, 6.45) is 7.67. The van der Waals surface area contributed by atoms with Gasteiger partial charge in [0, 0.05) is 225 Å². The molecule has 0 aliphatic carbocycles. The highest BCUT2D eigenvalue weighted by Crippen LogP contribution is 2.53. The number of aromatic nitrogens is 8. The summed E-state index contributed by atoms with van der Waals surface area (Å²) in [5, 5.41) is 43.1. The minimum absolute atomic E-state index is 1.06. The van der Waals surface area contributed by atoms with Gasteiger partial charge in [-0.2, -0.15) is 0 Å². The first-order valence-corrected chi connectivity index (χ1v) is 53.4. The number of benzene rings is 23. The molecule has 0 N–H and O–H groups in total. The second-order valence-electron chi connectivity index (χ2n) is 38.7. The molecule has 8 nitrogen and oxygen atoms in total. The normalized spacial score (nSPS) is 12.2. The zero-order chi connectivity index (χ0) is 96.6. The first-order chi connectivity index (χ1) is 73.5. The fourth-order valence-corrected chi connectivity index (χ4v) is 29.3. The fraction of sp³-hybridized carbons (Fsp3) is 0. The monoisotopic (exact) mass is 1950 g/mol. The number of nitrogens with zero attached hydrogens (tertiary/aromatic N) is 8. The lowest BCUT2D eigenvalue weighted by Gasteiger charge is -2.14. The van der Waals surface area contributed by atoms with E-state index >= 15 is 0 Å². The summed E-state index contributed by atoms with van der Waals surface area (Å²) in [4.78, 5) is 19.7. The Kier molecular flexibility index (Phi) is 18.3. The molecule has 0 saturated heterocycles. The molecule has 12 aromatic heterocycles. The van der Waals surface area contributed by atoms with Crippen molar-refractivity contribution >= 4 is 332 Å². The van der Waals surface area contributed by atoms with Gasteiger partial charge in [0.25, 0.3) is 0 Å². The van der Waals surface area contributed by atoms with Crippen LogP contribution in [0.1, 0.15) is 0 Å². The van der Waals surface area contributed by atoms with Crippen LogP contribution in [-0.2, 0) is 0 Å². The van der Waals surface area contributed by atoms with Crippen molar-refractivity contribution in [2.45, 2.75) is 0 Å². The molecule has 0 radical (unpaired) electrons. The molecule has 0 amide bonds. The van der Waals surface area contributed by atoms with Gasteiger partial charge in [0.05, 0.1) is 66.2 Å². The quantitative estimate of drug-likeness (QED) is 0.165. The second kappa shape index (κ2) is 32.6. The average molecular weight is 1950 g/mol. The van der Waals surface area contributed by atoms with Crippen molar-refractivity contribution in [3.63, 3.8) is 0 Å². The van der Waals surface area contributed by atoms with Gasteiger partial charge in [0.2, 0.25) is 0 Å². The van der Waals surface area contributed by atoms with Crippen molar-refractivity contribution in [3.05, 3.63) is 474 Å². The van der Waals surface area contributed by atoms with E-state index in [-0.39, 0.29) is 0 Å². The van der Waals surface area contributed by atoms with Crippen molar-refractivity contribution in [2.24, 2.45) is 0 Å². The molecule has 0 bridgehead atoms.